The Hall–Kier alpha value is -0.880. The second-order valence-electron chi connectivity index (χ2n) is 3.45. The number of aliphatic hydroxyl groups excluding tert-OH is 2. The van der Waals surface area contributed by atoms with E-state index in [1.165, 1.54) is 12.1 Å². The summed E-state index contributed by atoms with van der Waals surface area (Å²) in [5.74, 6) is 0.171. The molecule has 7 heteroatoms. The molecule has 0 heterocycles. The highest BCUT2D eigenvalue weighted by atomic mass is 35.5. The lowest BCUT2D eigenvalue weighted by Crippen LogP contribution is -2.19. The predicted molar refractivity (Wildman–Crippen MR) is 64.4 cm³/mol. The van der Waals surface area contributed by atoms with Crippen LogP contribution in [-0.4, -0.2) is 27.1 Å². The van der Waals surface area contributed by atoms with Crippen molar-refractivity contribution in [2.75, 3.05) is 5.88 Å². The molecule has 1 aromatic carbocycles. The largest absolute Gasteiger partial charge is 0.390 e. The minimum absolute atomic E-state index is 0.124. The Morgan fingerprint density at radius 3 is 2.59 bits per heavy atom. The van der Waals surface area contributed by atoms with Crippen molar-refractivity contribution in [1.29, 1.82) is 0 Å². The summed E-state index contributed by atoms with van der Waals surface area (Å²) >= 11 is 11.3. The molecule has 94 valence electrons. The molecule has 2 unspecified atom stereocenters. The molecule has 0 saturated carbocycles. The molecule has 0 amide bonds. The quantitative estimate of drug-likeness (QED) is 0.492. The van der Waals surface area contributed by atoms with Gasteiger partial charge in [-0.15, -0.1) is 11.6 Å². The van der Waals surface area contributed by atoms with Crippen LogP contribution in [0.2, 0.25) is 5.02 Å². The molecule has 1 rings (SSSR count). The zero-order chi connectivity index (χ0) is 13.0. The Kier molecular flexibility index (Phi) is 5.14. The van der Waals surface area contributed by atoms with Gasteiger partial charge in [0.1, 0.15) is 6.10 Å². The number of non-ortho nitro benzene ring substituents is 1. The predicted octanol–water partition coefficient (Wildman–Crippen LogP) is 2.27. The van der Waals surface area contributed by atoms with Crippen molar-refractivity contribution in [2.45, 2.75) is 18.6 Å². The zero-order valence-corrected chi connectivity index (χ0v) is 10.2. The summed E-state index contributed by atoms with van der Waals surface area (Å²) in [6, 6.07) is 3.68. The normalized spacial score (nSPS) is 14.4. The van der Waals surface area contributed by atoms with Gasteiger partial charge < -0.3 is 10.2 Å². The van der Waals surface area contributed by atoms with Crippen LogP contribution in [-0.2, 0) is 0 Å². The SMILES string of the molecule is O=[N+]([O-])c1ccc(Cl)c(C(O)C(O)CCCl)c1. The summed E-state index contributed by atoms with van der Waals surface area (Å²) in [6.07, 6.45) is -2.23. The van der Waals surface area contributed by atoms with Gasteiger partial charge in [-0.25, -0.2) is 0 Å². The topological polar surface area (TPSA) is 83.6 Å². The van der Waals surface area contributed by atoms with E-state index in [4.69, 9.17) is 23.2 Å². The van der Waals surface area contributed by atoms with E-state index in [1.807, 2.05) is 0 Å². The Morgan fingerprint density at radius 1 is 1.41 bits per heavy atom. The van der Waals surface area contributed by atoms with E-state index < -0.39 is 17.1 Å². The van der Waals surface area contributed by atoms with E-state index in [0.717, 1.165) is 6.07 Å². The second-order valence-corrected chi connectivity index (χ2v) is 4.24. The third-order valence-electron chi connectivity index (χ3n) is 2.28. The van der Waals surface area contributed by atoms with Gasteiger partial charge in [-0.3, -0.25) is 10.1 Å². The first kappa shape index (κ1) is 14.2. The smallest absolute Gasteiger partial charge is 0.269 e. The molecule has 0 spiro atoms. The Labute approximate surface area is 108 Å². The molecule has 0 aliphatic carbocycles. The molecule has 0 bridgehead atoms. The fourth-order valence-corrected chi connectivity index (χ4v) is 1.80. The summed E-state index contributed by atoms with van der Waals surface area (Å²) in [4.78, 5) is 9.98. The number of nitrogens with zero attached hydrogens (tertiary/aromatic N) is 1. The van der Waals surface area contributed by atoms with E-state index in [9.17, 15) is 20.3 Å². The first-order chi connectivity index (χ1) is 7.97. The van der Waals surface area contributed by atoms with Crippen molar-refractivity contribution in [1.82, 2.24) is 0 Å². The van der Waals surface area contributed by atoms with E-state index in [-0.39, 0.29) is 28.6 Å². The summed E-state index contributed by atoms with van der Waals surface area (Å²) in [7, 11) is 0. The number of rotatable bonds is 5. The molecular weight excluding hydrogens is 269 g/mol. The van der Waals surface area contributed by atoms with Gasteiger partial charge in [0.05, 0.1) is 11.0 Å². The number of nitro groups is 1. The maximum Gasteiger partial charge on any atom is 0.269 e. The molecular formula is C10H11Cl2NO4. The van der Waals surface area contributed by atoms with Gasteiger partial charge in [-0.2, -0.15) is 0 Å². The van der Waals surface area contributed by atoms with Gasteiger partial charge in [0, 0.05) is 28.6 Å². The average Bonchev–Trinajstić information content (AvgIpc) is 2.28. The van der Waals surface area contributed by atoms with Gasteiger partial charge in [0.15, 0.2) is 0 Å². The molecule has 2 atom stereocenters. The first-order valence-corrected chi connectivity index (χ1v) is 5.74. The minimum atomic E-state index is -1.29. The number of benzene rings is 1. The molecule has 0 radical (unpaired) electrons. The molecule has 0 aromatic heterocycles. The summed E-state index contributed by atoms with van der Waals surface area (Å²) in [5, 5.41) is 30.1. The highest BCUT2D eigenvalue weighted by Gasteiger charge is 2.22. The Morgan fingerprint density at radius 2 is 2.06 bits per heavy atom. The van der Waals surface area contributed by atoms with Crippen molar-refractivity contribution < 1.29 is 15.1 Å². The van der Waals surface area contributed by atoms with Crippen LogP contribution in [0.5, 0.6) is 0 Å². The van der Waals surface area contributed by atoms with Crippen molar-refractivity contribution in [3.05, 3.63) is 38.9 Å². The van der Waals surface area contributed by atoms with Crippen LogP contribution < -0.4 is 0 Å². The maximum atomic E-state index is 10.6. The number of hydrogen-bond donors (Lipinski definition) is 2. The molecule has 0 saturated heterocycles. The fraction of sp³-hybridized carbons (Fsp3) is 0.400. The van der Waals surface area contributed by atoms with Crippen molar-refractivity contribution >= 4 is 28.9 Å². The van der Waals surface area contributed by atoms with Crippen LogP contribution >= 0.6 is 23.2 Å². The molecule has 0 aliphatic heterocycles. The Bertz CT molecular complexity index is 413. The lowest BCUT2D eigenvalue weighted by Gasteiger charge is -2.18. The Balaban J connectivity index is 3.03. The van der Waals surface area contributed by atoms with Crippen LogP contribution in [0.1, 0.15) is 18.1 Å². The van der Waals surface area contributed by atoms with E-state index >= 15 is 0 Å². The molecule has 17 heavy (non-hydrogen) atoms. The highest BCUT2D eigenvalue weighted by Crippen LogP contribution is 2.30. The minimum Gasteiger partial charge on any atom is -0.390 e. The van der Waals surface area contributed by atoms with E-state index in [1.54, 1.807) is 0 Å². The van der Waals surface area contributed by atoms with E-state index in [0.29, 0.717) is 0 Å². The van der Waals surface area contributed by atoms with Crippen molar-refractivity contribution in [3.8, 4) is 0 Å². The molecule has 5 nitrogen and oxygen atoms in total. The van der Waals surface area contributed by atoms with Crippen LogP contribution in [0.4, 0.5) is 5.69 Å². The number of alkyl halides is 1. The first-order valence-electron chi connectivity index (χ1n) is 4.83. The molecule has 0 fully saturated rings. The van der Waals surface area contributed by atoms with Crippen molar-refractivity contribution in [2.24, 2.45) is 0 Å². The number of aliphatic hydroxyl groups is 2. The fourth-order valence-electron chi connectivity index (χ4n) is 1.35. The monoisotopic (exact) mass is 279 g/mol. The van der Waals surface area contributed by atoms with Gasteiger partial charge in [0.2, 0.25) is 0 Å². The third kappa shape index (κ3) is 3.54. The molecule has 2 N–H and O–H groups in total. The standard InChI is InChI=1S/C10H11Cl2NO4/c11-4-3-9(14)10(15)7-5-6(13(16)17)1-2-8(7)12/h1-2,5,9-10,14-15H,3-4H2. The van der Waals surface area contributed by atoms with Crippen LogP contribution in [0.3, 0.4) is 0 Å². The van der Waals surface area contributed by atoms with Crippen LogP contribution in [0, 0.1) is 10.1 Å². The molecule has 0 aliphatic rings. The summed E-state index contributed by atoms with van der Waals surface area (Å²) < 4.78 is 0. The van der Waals surface area contributed by atoms with Gasteiger partial charge in [-0.05, 0) is 12.5 Å². The third-order valence-corrected chi connectivity index (χ3v) is 2.84. The lowest BCUT2D eigenvalue weighted by molar-refractivity contribution is -0.385. The maximum absolute atomic E-state index is 10.6. The van der Waals surface area contributed by atoms with E-state index in [2.05, 4.69) is 0 Å². The average molecular weight is 280 g/mol. The van der Waals surface area contributed by atoms with Crippen LogP contribution in [0.25, 0.3) is 0 Å². The molecule has 1 aromatic rings. The van der Waals surface area contributed by atoms with Gasteiger partial charge in [0.25, 0.3) is 5.69 Å². The van der Waals surface area contributed by atoms with Crippen molar-refractivity contribution in [3.63, 3.8) is 0 Å². The van der Waals surface area contributed by atoms with Gasteiger partial charge >= 0.3 is 0 Å². The zero-order valence-electron chi connectivity index (χ0n) is 8.72. The lowest BCUT2D eigenvalue weighted by atomic mass is 10.0. The van der Waals surface area contributed by atoms with Gasteiger partial charge in [-0.1, -0.05) is 11.6 Å². The number of nitro benzene ring substituents is 1. The number of hydrogen-bond acceptors (Lipinski definition) is 4. The highest BCUT2D eigenvalue weighted by molar-refractivity contribution is 6.31. The van der Waals surface area contributed by atoms with Crippen LogP contribution in [0.15, 0.2) is 18.2 Å². The number of halogens is 2. The summed E-state index contributed by atoms with van der Waals surface area (Å²) in [6.45, 7) is 0. The summed E-state index contributed by atoms with van der Waals surface area (Å²) in [5.41, 5.74) is -0.0694. The second kappa shape index (κ2) is 6.16.